The van der Waals surface area contributed by atoms with Crippen LogP contribution >= 0.6 is 0 Å². The summed E-state index contributed by atoms with van der Waals surface area (Å²) >= 11 is 0. The zero-order valence-electron chi connectivity index (χ0n) is 9.97. The van der Waals surface area contributed by atoms with E-state index in [0.717, 1.165) is 0 Å². The topological polar surface area (TPSA) is 67.3 Å². The van der Waals surface area contributed by atoms with Gasteiger partial charge in [-0.25, -0.2) is 9.97 Å². The molecule has 16 heavy (non-hydrogen) atoms. The summed E-state index contributed by atoms with van der Waals surface area (Å²) in [6, 6.07) is 1.75. The molecule has 5 nitrogen and oxygen atoms in total. The third kappa shape index (κ3) is 4.93. The average Bonchev–Trinajstić information content (AvgIpc) is 2.16. The highest BCUT2D eigenvalue weighted by molar-refractivity contribution is 5.36. The second kappa shape index (κ2) is 6.27. The van der Waals surface area contributed by atoms with Gasteiger partial charge in [0.2, 0.25) is 5.88 Å². The molecule has 0 saturated heterocycles. The summed E-state index contributed by atoms with van der Waals surface area (Å²) in [4.78, 5) is 8.06. The van der Waals surface area contributed by atoms with E-state index in [-0.39, 0.29) is 12.2 Å². The molecule has 1 aromatic heterocycles. The van der Waals surface area contributed by atoms with E-state index in [0.29, 0.717) is 24.7 Å². The van der Waals surface area contributed by atoms with E-state index >= 15 is 0 Å². The van der Waals surface area contributed by atoms with E-state index in [2.05, 4.69) is 15.3 Å². The Morgan fingerprint density at radius 1 is 1.38 bits per heavy atom. The summed E-state index contributed by atoms with van der Waals surface area (Å²) in [7, 11) is 0. The van der Waals surface area contributed by atoms with Crippen LogP contribution in [0.1, 0.15) is 27.2 Å². The summed E-state index contributed by atoms with van der Waals surface area (Å²) < 4.78 is 5.44. The molecule has 0 aromatic carbocycles. The molecule has 1 atom stereocenters. The normalized spacial score (nSPS) is 12.6. The van der Waals surface area contributed by atoms with E-state index in [4.69, 9.17) is 9.84 Å². The molecule has 0 amide bonds. The molecular formula is C11H19N3O2. The second-order valence-corrected chi connectivity index (χ2v) is 3.97. The maximum atomic E-state index is 9.11. The Morgan fingerprint density at radius 3 is 2.75 bits per heavy atom. The van der Waals surface area contributed by atoms with Crippen LogP contribution in [0.5, 0.6) is 5.88 Å². The van der Waals surface area contributed by atoms with Crippen LogP contribution in [0.15, 0.2) is 12.4 Å². The van der Waals surface area contributed by atoms with Crippen LogP contribution in [-0.4, -0.2) is 33.8 Å². The van der Waals surface area contributed by atoms with Gasteiger partial charge in [-0.15, -0.1) is 0 Å². The molecule has 0 aliphatic rings. The number of hydrogen-bond donors (Lipinski definition) is 2. The quantitative estimate of drug-likeness (QED) is 0.767. The lowest BCUT2D eigenvalue weighted by Crippen LogP contribution is -2.11. The zero-order valence-corrected chi connectivity index (χ0v) is 9.97. The molecule has 1 heterocycles. The van der Waals surface area contributed by atoms with Crippen molar-refractivity contribution in [3.8, 4) is 5.88 Å². The van der Waals surface area contributed by atoms with Crippen molar-refractivity contribution in [3.05, 3.63) is 12.4 Å². The lowest BCUT2D eigenvalue weighted by molar-refractivity contribution is 0.188. The van der Waals surface area contributed by atoms with Crippen LogP contribution in [0.4, 0.5) is 5.82 Å². The largest absolute Gasteiger partial charge is 0.475 e. The number of aromatic nitrogens is 2. The molecule has 0 spiro atoms. The van der Waals surface area contributed by atoms with Crippen LogP contribution < -0.4 is 10.1 Å². The van der Waals surface area contributed by atoms with E-state index in [1.165, 1.54) is 6.33 Å². The number of nitrogens with one attached hydrogen (secondary N) is 1. The molecule has 1 aromatic rings. The van der Waals surface area contributed by atoms with Gasteiger partial charge in [0.1, 0.15) is 12.1 Å². The molecule has 0 radical (unpaired) electrons. The number of aliphatic hydroxyl groups is 1. The van der Waals surface area contributed by atoms with Crippen molar-refractivity contribution in [2.75, 3.05) is 11.9 Å². The highest BCUT2D eigenvalue weighted by Gasteiger charge is 2.02. The van der Waals surface area contributed by atoms with Gasteiger partial charge in [-0.2, -0.15) is 0 Å². The van der Waals surface area contributed by atoms with Crippen molar-refractivity contribution < 1.29 is 9.84 Å². The summed E-state index contributed by atoms with van der Waals surface area (Å²) in [6.45, 7) is 6.33. The predicted molar refractivity (Wildman–Crippen MR) is 62.6 cm³/mol. The number of aliphatic hydroxyl groups excluding tert-OH is 1. The first-order valence-corrected chi connectivity index (χ1v) is 5.48. The number of anilines is 1. The third-order valence-electron chi connectivity index (χ3n) is 1.87. The average molecular weight is 225 g/mol. The zero-order chi connectivity index (χ0) is 12.0. The molecule has 0 saturated carbocycles. The minimum atomic E-state index is -0.305. The Morgan fingerprint density at radius 2 is 2.12 bits per heavy atom. The van der Waals surface area contributed by atoms with E-state index < -0.39 is 0 Å². The predicted octanol–water partition coefficient (Wildman–Crippen LogP) is 1.45. The van der Waals surface area contributed by atoms with Gasteiger partial charge in [-0.1, -0.05) is 0 Å². The molecule has 0 aliphatic carbocycles. The molecular weight excluding hydrogens is 206 g/mol. The van der Waals surface area contributed by atoms with Crippen LogP contribution in [0, 0.1) is 0 Å². The Labute approximate surface area is 95.9 Å². The fourth-order valence-corrected chi connectivity index (χ4v) is 1.15. The SMILES string of the molecule is CC(O)CCNc1cc(OC(C)C)ncn1. The van der Waals surface area contributed by atoms with Gasteiger partial charge in [0.25, 0.3) is 0 Å². The lowest BCUT2D eigenvalue weighted by atomic mass is 10.3. The maximum absolute atomic E-state index is 9.11. The molecule has 1 unspecified atom stereocenters. The standard InChI is InChI=1S/C11H19N3O2/c1-8(2)16-11-6-10(13-7-14-11)12-5-4-9(3)15/h6-9,15H,4-5H2,1-3H3,(H,12,13,14). The Balaban J connectivity index is 2.47. The summed E-state index contributed by atoms with van der Waals surface area (Å²) in [5.74, 6) is 1.27. The Hall–Kier alpha value is -1.36. The van der Waals surface area contributed by atoms with Gasteiger partial charge >= 0.3 is 0 Å². The monoisotopic (exact) mass is 225 g/mol. The highest BCUT2D eigenvalue weighted by atomic mass is 16.5. The minimum absolute atomic E-state index is 0.0974. The van der Waals surface area contributed by atoms with E-state index in [9.17, 15) is 0 Å². The lowest BCUT2D eigenvalue weighted by Gasteiger charge is -2.10. The number of hydrogen-bond acceptors (Lipinski definition) is 5. The smallest absolute Gasteiger partial charge is 0.218 e. The third-order valence-corrected chi connectivity index (χ3v) is 1.87. The first-order valence-electron chi connectivity index (χ1n) is 5.48. The Bertz CT molecular complexity index is 316. The van der Waals surface area contributed by atoms with Crippen LogP contribution in [-0.2, 0) is 0 Å². The van der Waals surface area contributed by atoms with Crippen molar-refractivity contribution in [1.82, 2.24) is 9.97 Å². The van der Waals surface area contributed by atoms with Gasteiger partial charge in [0.15, 0.2) is 0 Å². The van der Waals surface area contributed by atoms with Gasteiger partial charge in [0.05, 0.1) is 12.2 Å². The van der Waals surface area contributed by atoms with Gasteiger partial charge in [-0.05, 0) is 27.2 Å². The first kappa shape index (κ1) is 12.7. The van der Waals surface area contributed by atoms with Crippen LogP contribution in [0.3, 0.4) is 0 Å². The fourth-order valence-electron chi connectivity index (χ4n) is 1.15. The maximum Gasteiger partial charge on any atom is 0.218 e. The molecule has 0 fully saturated rings. The van der Waals surface area contributed by atoms with Gasteiger partial charge in [-0.3, -0.25) is 0 Å². The molecule has 2 N–H and O–H groups in total. The fraction of sp³-hybridized carbons (Fsp3) is 0.636. The second-order valence-electron chi connectivity index (χ2n) is 3.97. The minimum Gasteiger partial charge on any atom is -0.475 e. The summed E-state index contributed by atoms with van der Waals surface area (Å²) in [5.41, 5.74) is 0. The van der Waals surface area contributed by atoms with Crippen molar-refractivity contribution in [2.45, 2.75) is 39.4 Å². The number of ether oxygens (including phenoxy) is 1. The molecule has 0 aliphatic heterocycles. The van der Waals surface area contributed by atoms with Gasteiger partial charge in [0, 0.05) is 12.6 Å². The summed E-state index contributed by atoms with van der Waals surface area (Å²) in [5, 5.41) is 12.2. The highest BCUT2D eigenvalue weighted by Crippen LogP contribution is 2.12. The summed E-state index contributed by atoms with van der Waals surface area (Å²) in [6.07, 6.45) is 1.94. The van der Waals surface area contributed by atoms with Crippen molar-refractivity contribution in [3.63, 3.8) is 0 Å². The molecule has 90 valence electrons. The van der Waals surface area contributed by atoms with Crippen molar-refractivity contribution >= 4 is 5.82 Å². The number of nitrogens with zero attached hydrogens (tertiary/aromatic N) is 2. The Kier molecular flexibility index (Phi) is 4.98. The van der Waals surface area contributed by atoms with Gasteiger partial charge < -0.3 is 15.2 Å². The molecule has 5 heteroatoms. The van der Waals surface area contributed by atoms with Crippen LogP contribution in [0.2, 0.25) is 0 Å². The molecule has 1 rings (SSSR count). The van der Waals surface area contributed by atoms with E-state index in [1.54, 1.807) is 13.0 Å². The number of rotatable bonds is 6. The van der Waals surface area contributed by atoms with Crippen molar-refractivity contribution in [2.24, 2.45) is 0 Å². The molecule has 0 bridgehead atoms. The van der Waals surface area contributed by atoms with Crippen LogP contribution in [0.25, 0.3) is 0 Å². The van der Waals surface area contributed by atoms with E-state index in [1.807, 2.05) is 13.8 Å². The first-order chi connectivity index (χ1) is 7.58. The van der Waals surface area contributed by atoms with Crippen molar-refractivity contribution in [1.29, 1.82) is 0 Å².